The van der Waals surface area contributed by atoms with Gasteiger partial charge in [0.1, 0.15) is 11.5 Å². The van der Waals surface area contributed by atoms with Crippen molar-refractivity contribution in [1.82, 2.24) is 5.32 Å². The molecule has 2 rings (SSSR count). The Morgan fingerprint density at radius 3 is 2.44 bits per heavy atom. The summed E-state index contributed by atoms with van der Waals surface area (Å²) in [5, 5.41) is 2.68. The molecule has 0 radical (unpaired) electrons. The second-order valence-electron chi connectivity index (χ2n) is 5.27. The van der Waals surface area contributed by atoms with Gasteiger partial charge in [0.15, 0.2) is 12.7 Å². The van der Waals surface area contributed by atoms with E-state index in [1.165, 1.54) is 0 Å². The molecule has 1 amide bonds. The average Bonchev–Trinajstić information content (AvgIpc) is 2.65. The fraction of sp³-hybridized carbons (Fsp3) is 0.263. The van der Waals surface area contributed by atoms with Crippen LogP contribution in [0.1, 0.15) is 12.5 Å². The van der Waals surface area contributed by atoms with Crippen molar-refractivity contribution in [2.45, 2.75) is 19.6 Å². The van der Waals surface area contributed by atoms with Crippen LogP contribution in [0.25, 0.3) is 0 Å². The summed E-state index contributed by atoms with van der Waals surface area (Å²) in [7, 11) is 1.57. The van der Waals surface area contributed by atoms with Gasteiger partial charge in [0.2, 0.25) is 0 Å². The van der Waals surface area contributed by atoms with Gasteiger partial charge in [0.05, 0.1) is 7.11 Å². The van der Waals surface area contributed by atoms with Crippen molar-refractivity contribution >= 4 is 11.9 Å². The third-order valence-corrected chi connectivity index (χ3v) is 3.40. The maximum Gasteiger partial charge on any atom is 0.347 e. The van der Waals surface area contributed by atoms with Gasteiger partial charge in [0.25, 0.3) is 5.91 Å². The minimum Gasteiger partial charge on any atom is -0.496 e. The van der Waals surface area contributed by atoms with Crippen molar-refractivity contribution in [2.24, 2.45) is 0 Å². The van der Waals surface area contributed by atoms with Gasteiger partial charge < -0.3 is 19.5 Å². The van der Waals surface area contributed by atoms with Crippen molar-refractivity contribution in [1.29, 1.82) is 0 Å². The molecule has 6 heteroatoms. The summed E-state index contributed by atoms with van der Waals surface area (Å²) < 4.78 is 15.6. The van der Waals surface area contributed by atoms with Crippen LogP contribution in [0.3, 0.4) is 0 Å². The topological polar surface area (TPSA) is 73.9 Å². The molecule has 6 nitrogen and oxygen atoms in total. The maximum absolute atomic E-state index is 11.9. The number of carbonyl (C=O) groups is 2. The van der Waals surface area contributed by atoms with Crippen LogP contribution in [-0.4, -0.2) is 31.7 Å². The van der Waals surface area contributed by atoms with Crippen molar-refractivity contribution in [3.8, 4) is 11.5 Å². The molecule has 2 aromatic carbocycles. The van der Waals surface area contributed by atoms with Gasteiger partial charge in [-0.15, -0.1) is 0 Å². The highest BCUT2D eigenvalue weighted by Crippen LogP contribution is 2.16. The molecule has 25 heavy (non-hydrogen) atoms. The zero-order chi connectivity index (χ0) is 18.1. The van der Waals surface area contributed by atoms with E-state index in [4.69, 9.17) is 14.2 Å². The molecule has 132 valence electrons. The standard InChI is InChI=1S/C19H21NO5/c1-14(25-16-9-4-3-5-10-16)19(22)24-13-18(21)20-12-15-8-6-7-11-17(15)23-2/h3-11,14H,12-13H2,1-2H3,(H,20,21). The van der Waals surface area contributed by atoms with E-state index >= 15 is 0 Å². The van der Waals surface area contributed by atoms with Crippen molar-refractivity contribution in [3.63, 3.8) is 0 Å². The van der Waals surface area contributed by atoms with E-state index in [1.807, 2.05) is 30.3 Å². The number of carbonyl (C=O) groups excluding carboxylic acids is 2. The maximum atomic E-state index is 11.9. The van der Waals surface area contributed by atoms with Gasteiger partial charge in [-0.3, -0.25) is 4.79 Å². The summed E-state index contributed by atoms with van der Waals surface area (Å²) in [6.07, 6.45) is -0.801. The summed E-state index contributed by atoms with van der Waals surface area (Å²) in [5.74, 6) is 0.250. The lowest BCUT2D eigenvalue weighted by atomic mass is 10.2. The third-order valence-electron chi connectivity index (χ3n) is 3.40. The fourth-order valence-electron chi connectivity index (χ4n) is 2.10. The van der Waals surface area contributed by atoms with Crippen LogP contribution in [-0.2, 0) is 20.9 Å². The summed E-state index contributed by atoms with van der Waals surface area (Å²) in [6.45, 7) is 1.50. The fourth-order valence-corrected chi connectivity index (χ4v) is 2.10. The van der Waals surface area contributed by atoms with Crippen LogP contribution >= 0.6 is 0 Å². The lowest BCUT2D eigenvalue weighted by Gasteiger charge is -2.14. The van der Waals surface area contributed by atoms with Crippen LogP contribution in [0.15, 0.2) is 54.6 Å². The molecule has 0 fully saturated rings. The minimum absolute atomic E-state index is 0.288. The first-order chi connectivity index (χ1) is 12.1. The predicted molar refractivity (Wildman–Crippen MR) is 92.3 cm³/mol. The van der Waals surface area contributed by atoms with Crippen molar-refractivity contribution in [3.05, 3.63) is 60.2 Å². The van der Waals surface area contributed by atoms with E-state index in [0.29, 0.717) is 11.5 Å². The van der Waals surface area contributed by atoms with Crippen LogP contribution < -0.4 is 14.8 Å². The first-order valence-corrected chi connectivity index (χ1v) is 7.87. The Morgan fingerprint density at radius 1 is 1.04 bits per heavy atom. The van der Waals surface area contributed by atoms with E-state index in [1.54, 1.807) is 38.3 Å². The SMILES string of the molecule is COc1ccccc1CNC(=O)COC(=O)C(C)Oc1ccccc1. The molecule has 2 aromatic rings. The van der Waals surface area contributed by atoms with E-state index in [9.17, 15) is 9.59 Å². The normalized spacial score (nSPS) is 11.3. The number of para-hydroxylation sites is 2. The summed E-state index contributed by atoms with van der Waals surface area (Å²) in [4.78, 5) is 23.7. The smallest absolute Gasteiger partial charge is 0.347 e. The van der Waals surface area contributed by atoms with Gasteiger partial charge in [-0.05, 0) is 25.1 Å². The molecule has 0 saturated carbocycles. The Labute approximate surface area is 146 Å². The van der Waals surface area contributed by atoms with Gasteiger partial charge in [-0.25, -0.2) is 4.79 Å². The zero-order valence-electron chi connectivity index (χ0n) is 14.2. The lowest BCUT2D eigenvalue weighted by Crippen LogP contribution is -2.32. The van der Waals surface area contributed by atoms with E-state index in [2.05, 4.69) is 5.32 Å². The summed E-state index contributed by atoms with van der Waals surface area (Å²) in [5.41, 5.74) is 0.838. The van der Waals surface area contributed by atoms with Crippen LogP contribution in [0.5, 0.6) is 11.5 Å². The molecule has 0 aromatic heterocycles. The van der Waals surface area contributed by atoms with Crippen LogP contribution in [0.2, 0.25) is 0 Å². The number of benzene rings is 2. The van der Waals surface area contributed by atoms with Gasteiger partial charge in [-0.1, -0.05) is 36.4 Å². The highest BCUT2D eigenvalue weighted by atomic mass is 16.6. The number of hydrogen-bond donors (Lipinski definition) is 1. The Morgan fingerprint density at radius 2 is 1.72 bits per heavy atom. The largest absolute Gasteiger partial charge is 0.496 e. The number of rotatable bonds is 8. The van der Waals surface area contributed by atoms with E-state index in [-0.39, 0.29) is 13.2 Å². The Bertz CT molecular complexity index is 702. The van der Waals surface area contributed by atoms with E-state index in [0.717, 1.165) is 5.56 Å². The van der Waals surface area contributed by atoms with Crippen molar-refractivity contribution in [2.75, 3.05) is 13.7 Å². The second-order valence-corrected chi connectivity index (χ2v) is 5.27. The number of ether oxygens (including phenoxy) is 3. The molecule has 0 spiro atoms. The average molecular weight is 343 g/mol. The second kappa shape index (κ2) is 9.32. The summed E-state index contributed by atoms with van der Waals surface area (Å²) in [6, 6.07) is 16.3. The molecule has 0 aliphatic carbocycles. The first-order valence-electron chi connectivity index (χ1n) is 7.87. The number of nitrogens with one attached hydrogen (secondary N) is 1. The van der Waals surface area contributed by atoms with Crippen LogP contribution in [0, 0.1) is 0 Å². The third kappa shape index (κ3) is 5.84. The number of hydrogen-bond acceptors (Lipinski definition) is 5. The van der Waals surface area contributed by atoms with Gasteiger partial charge in [-0.2, -0.15) is 0 Å². The molecule has 0 aliphatic rings. The quantitative estimate of drug-likeness (QED) is 0.745. The van der Waals surface area contributed by atoms with E-state index < -0.39 is 18.0 Å². The van der Waals surface area contributed by atoms with Gasteiger partial charge >= 0.3 is 5.97 Å². The van der Waals surface area contributed by atoms with Crippen LogP contribution in [0.4, 0.5) is 0 Å². The zero-order valence-corrected chi connectivity index (χ0v) is 14.2. The van der Waals surface area contributed by atoms with Crippen molar-refractivity contribution < 1.29 is 23.8 Å². The molecular weight excluding hydrogens is 322 g/mol. The summed E-state index contributed by atoms with van der Waals surface area (Å²) >= 11 is 0. The molecule has 1 unspecified atom stereocenters. The minimum atomic E-state index is -0.801. The number of esters is 1. The highest BCUT2D eigenvalue weighted by Gasteiger charge is 2.17. The first kappa shape index (κ1) is 18.3. The Kier molecular flexibility index (Phi) is 6.83. The lowest BCUT2D eigenvalue weighted by molar-refractivity contribution is -0.154. The number of amides is 1. The molecular formula is C19H21NO5. The predicted octanol–water partition coefficient (Wildman–Crippen LogP) is 2.32. The Hall–Kier alpha value is -3.02. The molecule has 0 aliphatic heterocycles. The Balaban J connectivity index is 1.74. The molecule has 0 heterocycles. The molecule has 1 atom stereocenters. The molecule has 0 bridgehead atoms. The highest BCUT2D eigenvalue weighted by molar-refractivity contribution is 5.82. The van der Waals surface area contributed by atoms with Gasteiger partial charge in [0, 0.05) is 12.1 Å². The molecule has 1 N–H and O–H groups in total. The monoisotopic (exact) mass is 343 g/mol. The number of methoxy groups -OCH3 is 1. The molecule has 0 saturated heterocycles.